The third-order valence-corrected chi connectivity index (χ3v) is 10.0. The Bertz CT molecular complexity index is 2320. The number of hydrogen-bond acceptors (Lipinski definition) is 8. The van der Waals surface area contributed by atoms with Crippen molar-refractivity contribution in [3.63, 3.8) is 0 Å². The smallest absolute Gasteiger partial charge is 0.231 e. The van der Waals surface area contributed by atoms with Gasteiger partial charge in [-0.15, -0.1) is 0 Å². The van der Waals surface area contributed by atoms with E-state index >= 15 is 0 Å². The molecule has 2 heterocycles. The molecule has 0 N–H and O–H groups in total. The van der Waals surface area contributed by atoms with Crippen molar-refractivity contribution in [3.05, 3.63) is 132 Å². The van der Waals surface area contributed by atoms with Crippen LogP contribution < -0.4 is 19.3 Å². The highest BCUT2D eigenvalue weighted by atomic mass is 16.5. The zero-order valence-electron chi connectivity index (χ0n) is 31.4. The largest absolute Gasteiger partial charge is 0.438 e. The maximum atomic E-state index is 6.47. The van der Waals surface area contributed by atoms with E-state index in [1.54, 1.807) is 0 Å². The van der Waals surface area contributed by atoms with Crippen LogP contribution in [-0.4, -0.2) is 46.1 Å². The van der Waals surface area contributed by atoms with Gasteiger partial charge in [0.05, 0.1) is 21.8 Å². The van der Waals surface area contributed by atoms with E-state index in [-0.39, 0.29) is 5.41 Å². The number of hydrogen-bond donors (Lipinski definition) is 0. The van der Waals surface area contributed by atoms with E-state index in [1.165, 1.54) is 5.69 Å². The first-order valence-corrected chi connectivity index (χ1v) is 18.5. The van der Waals surface area contributed by atoms with E-state index < -0.39 is 0 Å². The predicted octanol–water partition coefficient (Wildman–Crippen LogP) is 10.8. The van der Waals surface area contributed by atoms with Crippen molar-refractivity contribution >= 4 is 33.4 Å². The van der Waals surface area contributed by atoms with Crippen LogP contribution in [0.15, 0.2) is 121 Å². The van der Waals surface area contributed by atoms with Crippen LogP contribution >= 0.6 is 0 Å². The molecule has 0 amide bonds. The summed E-state index contributed by atoms with van der Waals surface area (Å²) in [6.45, 7) is 16.5. The molecule has 0 saturated heterocycles. The molecule has 2 aromatic heterocycles. The summed E-state index contributed by atoms with van der Waals surface area (Å²) in [5, 5.41) is 1.74. The molecule has 0 spiro atoms. The van der Waals surface area contributed by atoms with E-state index in [4.69, 9.17) is 29.4 Å². The van der Waals surface area contributed by atoms with Crippen molar-refractivity contribution in [2.24, 2.45) is 0 Å². The van der Waals surface area contributed by atoms with Crippen molar-refractivity contribution in [3.8, 4) is 34.6 Å². The molecule has 0 aliphatic heterocycles. The van der Waals surface area contributed by atoms with Crippen LogP contribution in [0.2, 0.25) is 0 Å². The summed E-state index contributed by atoms with van der Waals surface area (Å²) in [5.74, 6) is 3.81. The second kappa shape index (κ2) is 15.3. The number of benzene rings is 5. The maximum Gasteiger partial charge on any atom is 0.231 e. The molecule has 53 heavy (non-hydrogen) atoms. The third-order valence-electron chi connectivity index (χ3n) is 10.0. The van der Waals surface area contributed by atoms with Crippen molar-refractivity contribution < 1.29 is 9.47 Å². The lowest BCUT2D eigenvalue weighted by molar-refractivity contribution is 0.467. The number of fused-ring (bicyclic) bond motifs is 2. The molecular weight excluding hydrogens is 657 g/mol. The molecule has 8 heteroatoms. The monoisotopic (exact) mass is 702 g/mol. The maximum absolute atomic E-state index is 6.47. The molecule has 7 rings (SSSR count). The first-order valence-electron chi connectivity index (χ1n) is 18.5. The highest BCUT2D eigenvalue weighted by Gasteiger charge is 2.24. The van der Waals surface area contributed by atoms with Gasteiger partial charge in [-0.25, -0.2) is 9.97 Å². The van der Waals surface area contributed by atoms with Crippen molar-refractivity contribution in [1.29, 1.82) is 0 Å². The van der Waals surface area contributed by atoms with E-state index in [9.17, 15) is 0 Å². The Balaban J connectivity index is 1.10. The normalized spacial score (nSPS) is 11.5. The first-order chi connectivity index (χ1) is 25.8. The average molecular weight is 703 g/mol. The molecule has 7 aromatic rings. The van der Waals surface area contributed by atoms with E-state index in [0.717, 1.165) is 70.4 Å². The molecule has 0 radical (unpaired) electrons. The highest BCUT2D eigenvalue weighted by Crippen LogP contribution is 2.37. The summed E-state index contributed by atoms with van der Waals surface area (Å²) >= 11 is 0. The second-order valence-corrected chi connectivity index (χ2v) is 13.5. The van der Waals surface area contributed by atoms with Gasteiger partial charge in [0.1, 0.15) is 11.5 Å². The fraction of sp³-hybridized carbons (Fsp3) is 0.244. The minimum absolute atomic E-state index is 0.277. The van der Waals surface area contributed by atoms with Gasteiger partial charge < -0.3 is 19.3 Å². The molecule has 5 aromatic carbocycles. The quantitative estimate of drug-likeness (QED) is 0.118. The van der Waals surface area contributed by atoms with Crippen LogP contribution in [0.4, 0.5) is 11.6 Å². The summed E-state index contributed by atoms with van der Waals surface area (Å²) in [7, 11) is 0. The number of nitrogens with zero attached hydrogens (tertiary/aromatic N) is 6. The summed E-state index contributed by atoms with van der Waals surface area (Å²) in [6.07, 6.45) is 0. The lowest BCUT2D eigenvalue weighted by Gasteiger charge is -2.26. The fourth-order valence-electron chi connectivity index (χ4n) is 6.70. The lowest BCUT2D eigenvalue weighted by Crippen LogP contribution is -2.24. The van der Waals surface area contributed by atoms with Crippen molar-refractivity contribution in [1.82, 2.24) is 19.9 Å². The third kappa shape index (κ3) is 7.35. The Labute approximate surface area is 312 Å². The van der Waals surface area contributed by atoms with Gasteiger partial charge in [-0.2, -0.15) is 9.97 Å². The molecule has 0 saturated carbocycles. The summed E-state index contributed by atoms with van der Waals surface area (Å²) < 4.78 is 12.9. The second-order valence-electron chi connectivity index (χ2n) is 13.5. The van der Waals surface area contributed by atoms with Crippen LogP contribution in [0.1, 0.15) is 52.7 Å². The molecule has 0 fully saturated rings. The van der Waals surface area contributed by atoms with Crippen LogP contribution in [-0.2, 0) is 5.41 Å². The van der Waals surface area contributed by atoms with Crippen molar-refractivity contribution in [2.45, 2.75) is 47.0 Å². The number of ether oxygens (including phenoxy) is 2. The van der Waals surface area contributed by atoms with Crippen LogP contribution in [0.3, 0.4) is 0 Å². The molecule has 0 aliphatic carbocycles. The Hall–Kier alpha value is -6.02. The number of rotatable bonds is 13. The number of para-hydroxylation sites is 2. The highest BCUT2D eigenvalue weighted by molar-refractivity contribution is 5.86. The topological polar surface area (TPSA) is 76.5 Å². The van der Waals surface area contributed by atoms with Gasteiger partial charge in [-0.3, -0.25) is 0 Å². The molecule has 8 nitrogen and oxygen atoms in total. The number of aromatic nitrogens is 4. The van der Waals surface area contributed by atoms with Gasteiger partial charge in [0.2, 0.25) is 17.7 Å². The summed E-state index contributed by atoms with van der Waals surface area (Å²) in [5.41, 5.74) is 5.87. The zero-order valence-corrected chi connectivity index (χ0v) is 31.4. The minimum Gasteiger partial charge on any atom is -0.438 e. The minimum atomic E-state index is -0.277. The Morgan fingerprint density at radius 2 is 0.962 bits per heavy atom. The lowest BCUT2D eigenvalue weighted by atomic mass is 9.78. The summed E-state index contributed by atoms with van der Waals surface area (Å²) in [4.78, 5) is 23.8. The van der Waals surface area contributed by atoms with Crippen LogP contribution in [0.25, 0.3) is 33.2 Å². The van der Waals surface area contributed by atoms with E-state index in [0.29, 0.717) is 29.3 Å². The first kappa shape index (κ1) is 35.4. The SMILES string of the molecule is CCN(CC)c1ccc(-c2nc(Oc3ccc(C(C)(C)c4ccc(Oc5nc(N(CC)CC)nc6ccccc56)cc4)cc3)c3ccccc3n2)cc1. The predicted molar refractivity (Wildman–Crippen MR) is 217 cm³/mol. The van der Waals surface area contributed by atoms with Crippen LogP contribution in [0, 0.1) is 0 Å². The Morgan fingerprint density at radius 3 is 1.47 bits per heavy atom. The standard InChI is InChI=1S/C45H46N6O2/c1-7-50(8-2)34-25-19-31(20-26-34)41-46-39-17-13-11-15-37(39)42(48-41)52-35-27-21-32(22-28-35)45(5,6)33-23-29-36(30-24-33)53-43-38-16-12-14-18-40(38)47-44(49-43)51(9-3)10-4/h11-30H,7-10H2,1-6H3. The number of anilines is 2. The average Bonchev–Trinajstić information content (AvgIpc) is 3.19. The van der Waals surface area contributed by atoms with E-state index in [2.05, 4.69) is 99.9 Å². The van der Waals surface area contributed by atoms with E-state index in [1.807, 2.05) is 72.8 Å². The van der Waals surface area contributed by atoms with Crippen LogP contribution in [0.5, 0.6) is 23.3 Å². The fourth-order valence-corrected chi connectivity index (χ4v) is 6.70. The molecule has 268 valence electrons. The van der Waals surface area contributed by atoms with Crippen molar-refractivity contribution in [2.75, 3.05) is 36.0 Å². The van der Waals surface area contributed by atoms with Gasteiger partial charge in [0, 0.05) is 42.8 Å². The molecule has 0 atom stereocenters. The van der Waals surface area contributed by atoms with Gasteiger partial charge in [-0.1, -0.05) is 62.4 Å². The van der Waals surface area contributed by atoms with Gasteiger partial charge in [0.25, 0.3) is 0 Å². The Morgan fingerprint density at radius 1 is 0.491 bits per heavy atom. The van der Waals surface area contributed by atoms with Gasteiger partial charge >= 0.3 is 0 Å². The molecule has 0 aliphatic rings. The molecular formula is C45H46N6O2. The molecule has 0 unspecified atom stereocenters. The van der Waals surface area contributed by atoms with Gasteiger partial charge in [-0.05, 0) is 112 Å². The Kier molecular flexibility index (Phi) is 10.2. The van der Waals surface area contributed by atoms with Gasteiger partial charge in [0.15, 0.2) is 5.82 Å². The zero-order chi connectivity index (χ0) is 37.0. The summed E-state index contributed by atoms with van der Waals surface area (Å²) in [6, 6.07) is 40.9. The molecule has 0 bridgehead atoms.